The molecule has 0 unspecified atom stereocenters. The van der Waals surface area contributed by atoms with Crippen LogP contribution in [-0.4, -0.2) is 36.7 Å². The van der Waals surface area contributed by atoms with E-state index in [1.165, 1.54) is 16.4 Å². The van der Waals surface area contributed by atoms with Crippen molar-refractivity contribution in [3.8, 4) is 0 Å². The number of anilines is 1. The first kappa shape index (κ1) is 20.1. The van der Waals surface area contributed by atoms with E-state index in [9.17, 15) is 13.2 Å². The van der Waals surface area contributed by atoms with Crippen molar-refractivity contribution in [2.24, 2.45) is 5.92 Å². The number of pyridine rings is 1. The third-order valence-corrected chi connectivity index (χ3v) is 7.12. The second-order valence-electron chi connectivity index (χ2n) is 6.43. The van der Waals surface area contributed by atoms with Gasteiger partial charge in [0.1, 0.15) is 4.90 Å². The van der Waals surface area contributed by atoms with E-state index in [-0.39, 0.29) is 34.8 Å². The molecule has 1 aromatic heterocycles. The van der Waals surface area contributed by atoms with Gasteiger partial charge in [0, 0.05) is 41.6 Å². The van der Waals surface area contributed by atoms with Gasteiger partial charge in [-0.2, -0.15) is 4.31 Å². The highest BCUT2D eigenvalue weighted by Gasteiger charge is 2.33. The maximum Gasteiger partial charge on any atom is 0.244 e. The highest BCUT2D eigenvalue weighted by molar-refractivity contribution is 7.89. The second-order valence-corrected chi connectivity index (χ2v) is 9.18. The standard InChI is InChI=1S/C18H19Cl2N3O3S/c1-12-10-15(4-7-21-12)22-18(24)13-5-8-23(9-6-13)27(25,26)17-11-14(19)2-3-16(17)20/h2-4,7,10-11,13H,5-6,8-9H2,1H3,(H,21,22,24). The minimum absolute atomic E-state index is 0.00757. The molecule has 0 atom stereocenters. The van der Waals surface area contributed by atoms with Crippen molar-refractivity contribution in [3.05, 3.63) is 52.3 Å². The fraction of sp³-hybridized carbons (Fsp3) is 0.333. The number of hydrogen-bond donors (Lipinski definition) is 1. The summed E-state index contributed by atoms with van der Waals surface area (Å²) in [6, 6.07) is 7.88. The van der Waals surface area contributed by atoms with Gasteiger partial charge in [-0.3, -0.25) is 9.78 Å². The maximum atomic E-state index is 12.8. The van der Waals surface area contributed by atoms with E-state index in [0.29, 0.717) is 23.6 Å². The largest absolute Gasteiger partial charge is 0.326 e. The van der Waals surface area contributed by atoms with Crippen molar-refractivity contribution in [1.29, 1.82) is 0 Å². The van der Waals surface area contributed by atoms with Gasteiger partial charge in [0.05, 0.1) is 5.02 Å². The predicted molar refractivity (Wildman–Crippen MR) is 106 cm³/mol. The molecule has 3 rings (SSSR count). The van der Waals surface area contributed by atoms with Crippen LogP contribution in [0.4, 0.5) is 5.69 Å². The van der Waals surface area contributed by atoms with E-state index in [0.717, 1.165) is 5.69 Å². The summed E-state index contributed by atoms with van der Waals surface area (Å²) in [6.07, 6.45) is 2.51. The first-order valence-electron chi connectivity index (χ1n) is 8.46. The number of sulfonamides is 1. The van der Waals surface area contributed by atoms with Crippen LogP contribution in [0.5, 0.6) is 0 Å². The molecule has 6 nitrogen and oxygen atoms in total. The third-order valence-electron chi connectivity index (χ3n) is 4.50. The maximum absolute atomic E-state index is 12.8. The first-order valence-corrected chi connectivity index (χ1v) is 10.7. The quantitative estimate of drug-likeness (QED) is 0.805. The smallest absolute Gasteiger partial charge is 0.244 e. The SMILES string of the molecule is Cc1cc(NC(=O)C2CCN(S(=O)(=O)c3cc(Cl)ccc3Cl)CC2)ccn1. The molecule has 1 aliphatic heterocycles. The zero-order valence-corrected chi connectivity index (χ0v) is 17.0. The molecule has 2 heterocycles. The van der Waals surface area contributed by atoms with Gasteiger partial charge in [-0.15, -0.1) is 0 Å². The Morgan fingerprint density at radius 1 is 1.19 bits per heavy atom. The average Bonchev–Trinajstić information content (AvgIpc) is 2.63. The minimum atomic E-state index is -3.75. The fourth-order valence-corrected chi connectivity index (χ4v) is 5.25. The van der Waals surface area contributed by atoms with Gasteiger partial charge in [-0.05, 0) is 50.1 Å². The van der Waals surface area contributed by atoms with E-state index in [1.54, 1.807) is 24.4 Å². The van der Waals surface area contributed by atoms with Crippen LogP contribution in [0.2, 0.25) is 10.0 Å². The number of hydrogen-bond acceptors (Lipinski definition) is 4. The molecule has 144 valence electrons. The highest BCUT2D eigenvalue weighted by Crippen LogP contribution is 2.30. The molecule has 9 heteroatoms. The Kier molecular flexibility index (Phi) is 6.05. The summed E-state index contributed by atoms with van der Waals surface area (Å²) >= 11 is 12.0. The summed E-state index contributed by atoms with van der Waals surface area (Å²) in [4.78, 5) is 16.6. The van der Waals surface area contributed by atoms with Crippen LogP contribution >= 0.6 is 23.2 Å². The normalized spacial score (nSPS) is 16.3. The van der Waals surface area contributed by atoms with Crippen molar-refractivity contribution in [2.45, 2.75) is 24.7 Å². The number of aromatic nitrogens is 1. The van der Waals surface area contributed by atoms with E-state index < -0.39 is 10.0 Å². The Hall–Kier alpha value is -1.67. The van der Waals surface area contributed by atoms with Crippen LogP contribution < -0.4 is 5.32 Å². The number of carbonyl (C=O) groups excluding carboxylic acids is 1. The summed E-state index contributed by atoms with van der Waals surface area (Å²) in [6.45, 7) is 2.34. The van der Waals surface area contributed by atoms with Crippen LogP contribution in [-0.2, 0) is 14.8 Å². The van der Waals surface area contributed by atoms with Crippen LogP contribution in [0, 0.1) is 12.8 Å². The zero-order valence-electron chi connectivity index (χ0n) is 14.7. The average molecular weight is 428 g/mol. The van der Waals surface area contributed by atoms with Crippen LogP contribution in [0.1, 0.15) is 18.5 Å². The summed E-state index contributed by atoms with van der Waals surface area (Å²) in [5, 5.41) is 3.31. The molecule has 1 aromatic carbocycles. The van der Waals surface area contributed by atoms with E-state index in [2.05, 4.69) is 10.3 Å². The topological polar surface area (TPSA) is 79.4 Å². The second kappa shape index (κ2) is 8.14. The summed E-state index contributed by atoms with van der Waals surface area (Å²) < 4.78 is 27.0. The molecule has 0 bridgehead atoms. The number of benzene rings is 1. The molecule has 1 N–H and O–H groups in total. The Labute approximate surface area is 168 Å². The number of piperidine rings is 1. The molecule has 1 saturated heterocycles. The number of aryl methyl sites for hydroxylation is 1. The Balaban J connectivity index is 1.66. The number of nitrogens with zero attached hydrogens (tertiary/aromatic N) is 2. The summed E-state index contributed by atoms with van der Waals surface area (Å²) in [7, 11) is -3.75. The van der Waals surface area contributed by atoms with Gasteiger partial charge in [0.25, 0.3) is 0 Å². The van der Waals surface area contributed by atoms with Crippen molar-refractivity contribution in [2.75, 3.05) is 18.4 Å². The van der Waals surface area contributed by atoms with E-state index in [4.69, 9.17) is 23.2 Å². The lowest BCUT2D eigenvalue weighted by Crippen LogP contribution is -2.41. The monoisotopic (exact) mass is 427 g/mol. The predicted octanol–water partition coefficient (Wildman–Crippen LogP) is 3.74. The Morgan fingerprint density at radius 2 is 1.89 bits per heavy atom. The number of halogens is 2. The molecular formula is C18H19Cl2N3O3S. The van der Waals surface area contributed by atoms with Crippen LogP contribution in [0.25, 0.3) is 0 Å². The molecule has 1 fully saturated rings. The molecule has 1 aliphatic rings. The molecule has 27 heavy (non-hydrogen) atoms. The zero-order chi connectivity index (χ0) is 19.6. The van der Waals surface area contributed by atoms with Gasteiger partial charge in [0.2, 0.25) is 15.9 Å². The number of carbonyl (C=O) groups is 1. The lowest BCUT2D eigenvalue weighted by atomic mass is 9.97. The molecule has 2 aromatic rings. The van der Waals surface area contributed by atoms with Gasteiger partial charge in [-0.1, -0.05) is 23.2 Å². The van der Waals surface area contributed by atoms with Gasteiger partial charge in [0.15, 0.2) is 0 Å². The Morgan fingerprint density at radius 3 is 2.56 bits per heavy atom. The lowest BCUT2D eigenvalue weighted by Gasteiger charge is -2.30. The molecule has 0 aliphatic carbocycles. The number of nitrogens with one attached hydrogen (secondary N) is 1. The van der Waals surface area contributed by atoms with Crippen molar-refractivity contribution < 1.29 is 13.2 Å². The molecular weight excluding hydrogens is 409 g/mol. The summed E-state index contributed by atoms with van der Waals surface area (Å²) in [5.74, 6) is -0.363. The van der Waals surface area contributed by atoms with Crippen LogP contribution in [0.15, 0.2) is 41.4 Å². The highest BCUT2D eigenvalue weighted by atomic mass is 35.5. The molecule has 1 amide bonds. The molecule has 0 spiro atoms. The van der Waals surface area contributed by atoms with Gasteiger partial charge < -0.3 is 5.32 Å². The molecule has 0 saturated carbocycles. The van der Waals surface area contributed by atoms with Crippen molar-refractivity contribution in [3.63, 3.8) is 0 Å². The van der Waals surface area contributed by atoms with Crippen molar-refractivity contribution >= 4 is 44.8 Å². The lowest BCUT2D eigenvalue weighted by molar-refractivity contribution is -0.120. The minimum Gasteiger partial charge on any atom is -0.326 e. The summed E-state index contributed by atoms with van der Waals surface area (Å²) in [5.41, 5.74) is 1.50. The van der Waals surface area contributed by atoms with E-state index >= 15 is 0 Å². The van der Waals surface area contributed by atoms with Gasteiger partial charge >= 0.3 is 0 Å². The Bertz CT molecular complexity index is 958. The van der Waals surface area contributed by atoms with Crippen LogP contribution in [0.3, 0.4) is 0 Å². The number of rotatable bonds is 4. The van der Waals surface area contributed by atoms with E-state index in [1.807, 2.05) is 6.92 Å². The van der Waals surface area contributed by atoms with Crippen molar-refractivity contribution in [1.82, 2.24) is 9.29 Å². The first-order chi connectivity index (χ1) is 12.8. The number of amides is 1. The molecule has 0 radical (unpaired) electrons. The fourth-order valence-electron chi connectivity index (χ4n) is 3.04. The third kappa shape index (κ3) is 4.60. The van der Waals surface area contributed by atoms with Gasteiger partial charge in [-0.25, -0.2) is 8.42 Å².